The molecule has 0 N–H and O–H groups in total. The first kappa shape index (κ1) is 15.7. The molecule has 1 rings (SSSR count). The highest BCUT2D eigenvalue weighted by Gasteiger charge is 2.84. The summed E-state index contributed by atoms with van der Waals surface area (Å²) >= 11 is 0. The summed E-state index contributed by atoms with van der Waals surface area (Å²) in [5, 5.41) is 0. The van der Waals surface area contributed by atoms with Gasteiger partial charge in [0.05, 0.1) is 0 Å². The number of halogens is 9. The van der Waals surface area contributed by atoms with Gasteiger partial charge in [-0.05, 0) is 0 Å². The first-order valence-electron chi connectivity index (χ1n) is 4.28. The molecular weight excluding hydrogens is 303 g/mol. The van der Waals surface area contributed by atoms with Crippen molar-refractivity contribution >= 4 is 6.16 Å². The van der Waals surface area contributed by atoms with E-state index in [4.69, 9.17) is 0 Å². The Bertz CT molecular complexity index is 374. The largest absolute Gasteiger partial charge is 0.509 e. The van der Waals surface area contributed by atoms with Crippen LogP contribution >= 0.6 is 0 Å². The van der Waals surface area contributed by atoms with Gasteiger partial charge >= 0.3 is 30.1 Å². The van der Waals surface area contributed by atoms with E-state index < -0.39 is 42.8 Å². The smallest absolute Gasteiger partial charge is 0.430 e. The maximum atomic E-state index is 13.0. The molecule has 1 aliphatic rings. The van der Waals surface area contributed by atoms with Gasteiger partial charge in [-0.25, -0.2) is 4.79 Å². The lowest BCUT2D eigenvalue weighted by atomic mass is 9.99. The van der Waals surface area contributed by atoms with Crippen molar-refractivity contribution in [3.8, 4) is 0 Å². The van der Waals surface area contributed by atoms with Crippen LogP contribution in [-0.4, -0.2) is 42.8 Å². The maximum absolute atomic E-state index is 13.0. The molecule has 0 aliphatic carbocycles. The molecule has 0 bridgehead atoms. The number of hydrogen-bond acceptors (Lipinski definition) is 3. The van der Waals surface area contributed by atoms with Crippen molar-refractivity contribution in [1.29, 1.82) is 0 Å². The van der Waals surface area contributed by atoms with Gasteiger partial charge in [0.1, 0.15) is 6.61 Å². The molecule has 1 fully saturated rings. The first-order chi connectivity index (χ1) is 8.25. The van der Waals surface area contributed by atoms with Gasteiger partial charge in [-0.3, -0.25) is 0 Å². The molecule has 1 atom stereocenters. The van der Waals surface area contributed by atoms with E-state index in [0.29, 0.717) is 0 Å². The Hall–Kier alpha value is -1.36. The molecule has 0 radical (unpaired) electrons. The molecule has 3 nitrogen and oxygen atoms in total. The van der Waals surface area contributed by atoms with E-state index in [9.17, 15) is 44.3 Å². The fourth-order valence-electron chi connectivity index (χ4n) is 1.10. The van der Waals surface area contributed by atoms with Crippen LogP contribution in [0.15, 0.2) is 0 Å². The number of cyclic esters (lactones) is 2. The van der Waals surface area contributed by atoms with Crippen LogP contribution in [0.3, 0.4) is 0 Å². The van der Waals surface area contributed by atoms with Crippen molar-refractivity contribution in [3.05, 3.63) is 0 Å². The zero-order chi connectivity index (χ0) is 15.3. The van der Waals surface area contributed by atoms with E-state index in [0.717, 1.165) is 0 Å². The predicted molar refractivity (Wildman–Crippen MR) is 37.1 cm³/mol. The van der Waals surface area contributed by atoms with Crippen LogP contribution in [0.5, 0.6) is 0 Å². The standard InChI is InChI=1S/C7H3F9O3/c8-4(9,2-1-18-3(17)19-2)5(10,11)6(12,13)7(14,15)16/h2H,1H2/t2-/m1/s1. The molecule has 0 aromatic heterocycles. The van der Waals surface area contributed by atoms with E-state index >= 15 is 0 Å². The SMILES string of the molecule is O=C1OC[C@H](C(F)(F)C(F)(F)C(F)(F)C(F)(F)F)O1. The van der Waals surface area contributed by atoms with Crippen LogP contribution < -0.4 is 0 Å². The van der Waals surface area contributed by atoms with Crippen LogP contribution in [0.2, 0.25) is 0 Å². The average molecular weight is 306 g/mol. The number of carbonyl (C=O) groups excluding carboxylic acids is 1. The van der Waals surface area contributed by atoms with Crippen molar-refractivity contribution in [2.45, 2.75) is 30.0 Å². The zero-order valence-electron chi connectivity index (χ0n) is 8.41. The lowest BCUT2D eigenvalue weighted by Crippen LogP contribution is -2.64. The fraction of sp³-hybridized carbons (Fsp3) is 0.857. The molecule has 0 spiro atoms. The van der Waals surface area contributed by atoms with Crippen molar-refractivity contribution < 1.29 is 53.8 Å². The van der Waals surface area contributed by atoms with Gasteiger partial charge in [-0.1, -0.05) is 0 Å². The second-order valence-corrected chi connectivity index (χ2v) is 3.44. The molecule has 1 heterocycles. The lowest BCUT2D eigenvalue weighted by molar-refractivity contribution is -0.404. The number of hydrogen-bond donors (Lipinski definition) is 0. The van der Waals surface area contributed by atoms with Gasteiger partial charge < -0.3 is 9.47 Å². The molecule has 1 saturated heterocycles. The fourth-order valence-corrected chi connectivity index (χ4v) is 1.10. The molecule has 1 aliphatic heterocycles. The third kappa shape index (κ3) is 2.16. The Morgan fingerprint density at radius 2 is 1.37 bits per heavy atom. The molecule has 0 aromatic rings. The molecule has 0 aromatic carbocycles. The van der Waals surface area contributed by atoms with Gasteiger partial charge in [0.25, 0.3) is 0 Å². The van der Waals surface area contributed by atoms with Crippen molar-refractivity contribution in [2.24, 2.45) is 0 Å². The summed E-state index contributed by atoms with van der Waals surface area (Å²) in [6.07, 6.45) is -12.0. The quantitative estimate of drug-likeness (QED) is 0.594. The predicted octanol–water partition coefficient (Wildman–Crippen LogP) is 2.99. The van der Waals surface area contributed by atoms with Crippen LogP contribution in [-0.2, 0) is 9.47 Å². The Balaban J connectivity index is 3.14. The summed E-state index contributed by atoms with van der Waals surface area (Å²) in [5.41, 5.74) is 0. The van der Waals surface area contributed by atoms with Crippen molar-refractivity contribution in [2.75, 3.05) is 6.61 Å². The minimum atomic E-state index is -7.02. The summed E-state index contributed by atoms with van der Waals surface area (Å²) < 4.78 is 119. The van der Waals surface area contributed by atoms with Gasteiger partial charge in [-0.15, -0.1) is 0 Å². The van der Waals surface area contributed by atoms with E-state index in [-0.39, 0.29) is 0 Å². The summed E-state index contributed by atoms with van der Waals surface area (Å²) in [5.74, 6) is -19.8. The minimum absolute atomic E-state index is 1.57. The molecule has 12 heteroatoms. The lowest BCUT2D eigenvalue weighted by Gasteiger charge is -2.34. The van der Waals surface area contributed by atoms with E-state index in [1.165, 1.54) is 0 Å². The molecular formula is C7H3F9O3. The maximum Gasteiger partial charge on any atom is 0.509 e. The summed E-state index contributed by atoms with van der Waals surface area (Å²) in [7, 11) is 0. The summed E-state index contributed by atoms with van der Waals surface area (Å²) in [4.78, 5) is 10.2. The van der Waals surface area contributed by atoms with E-state index in [2.05, 4.69) is 9.47 Å². The highest BCUT2D eigenvalue weighted by atomic mass is 19.4. The van der Waals surface area contributed by atoms with E-state index in [1.807, 2.05) is 0 Å². The van der Waals surface area contributed by atoms with Gasteiger partial charge in [0, 0.05) is 0 Å². The Morgan fingerprint density at radius 3 is 1.68 bits per heavy atom. The van der Waals surface area contributed by atoms with Crippen molar-refractivity contribution in [1.82, 2.24) is 0 Å². The summed E-state index contributed by atoms with van der Waals surface area (Å²) in [6.45, 7) is -1.57. The zero-order valence-corrected chi connectivity index (χ0v) is 8.41. The number of rotatable bonds is 3. The van der Waals surface area contributed by atoms with Gasteiger partial charge in [0.15, 0.2) is 0 Å². The number of ether oxygens (including phenoxy) is 2. The average Bonchev–Trinajstić information content (AvgIpc) is 2.63. The molecule has 19 heavy (non-hydrogen) atoms. The summed E-state index contributed by atoms with van der Waals surface area (Å²) in [6, 6.07) is 0. The molecule has 0 amide bonds. The second kappa shape index (κ2) is 4.07. The van der Waals surface area contributed by atoms with Crippen molar-refractivity contribution in [3.63, 3.8) is 0 Å². The molecule has 0 unspecified atom stereocenters. The minimum Gasteiger partial charge on any atom is -0.430 e. The first-order valence-corrected chi connectivity index (χ1v) is 4.28. The van der Waals surface area contributed by atoms with Crippen LogP contribution in [0.4, 0.5) is 44.3 Å². The highest BCUT2D eigenvalue weighted by molar-refractivity contribution is 5.62. The number of alkyl halides is 9. The third-order valence-electron chi connectivity index (χ3n) is 2.16. The molecule has 112 valence electrons. The Morgan fingerprint density at radius 1 is 0.895 bits per heavy atom. The number of carbonyl (C=O) groups is 1. The second-order valence-electron chi connectivity index (χ2n) is 3.44. The van der Waals surface area contributed by atoms with Gasteiger partial charge in [0.2, 0.25) is 6.10 Å². The van der Waals surface area contributed by atoms with Crippen LogP contribution in [0.1, 0.15) is 0 Å². The van der Waals surface area contributed by atoms with Crippen LogP contribution in [0.25, 0.3) is 0 Å². The normalized spacial score (nSPS) is 22.2. The van der Waals surface area contributed by atoms with Gasteiger partial charge in [-0.2, -0.15) is 39.5 Å². The van der Waals surface area contributed by atoms with Crippen LogP contribution in [0, 0.1) is 0 Å². The Kier molecular flexibility index (Phi) is 3.36. The topological polar surface area (TPSA) is 35.5 Å². The monoisotopic (exact) mass is 306 g/mol. The Labute approximate surface area is 97.8 Å². The molecule has 0 saturated carbocycles. The third-order valence-corrected chi connectivity index (χ3v) is 2.16. The highest BCUT2D eigenvalue weighted by Crippen LogP contribution is 2.54. The van der Waals surface area contributed by atoms with E-state index in [1.54, 1.807) is 0 Å².